The third-order valence-corrected chi connectivity index (χ3v) is 7.09. The summed E-state index contributed by atoms with van der Waals surface area (Å²) >= 11 is 0. The van der Waals surface area contributed by atoms with Gasteiger partial charge in [-0.25, -0.2) is 4.39 Å². The quantitative estimate of drug-likeness (QED) is 0.216. The maximum atomic E-state index is 14.4. The number of hydrogen-bond acceptors (Lipinski definition) is 5. The first-order valence-corrected chi connectivity index (χ1v) is 13.1. The van der Waals surface area contributed by atoms with Gasteiger partial charge in [-0.3, -0.25) is 9.59 Å². The number of ether oxygens (including phenoxy) is 2. The highest BCUT2D eigenvalue weighted by molar-refractivity contribution is 6.02. The molecule has 0 aromatic heterocycles. The normalized spacial score (nSPS) is 12.0. The van der Waals surface area contributed by atoms with E-state index in [1.54, 1.807) is 27.2 Å². The SMILES string of the molecule is COc1cc(CN(C)C)cc(OC)c1-c1cccc2c(C[C@H](CC(=O)c3c(C)cccc3F)C(=O)O)cccc12. The number of methoxy groups -OCH3 is 2. The summed E-state index contributed by atoms with van der Waals surface area (Å²) in [6.07, 6.45) is -0.187. The third kappa shape index (κ3) is 6.00. The van der Waals surface area contributed by atoms with Crippen LogP contribution in [0.4, 0.5) is 4.39 Å². The molecule has 6 nitrogen and oxygen atoms in total. The van der Waals surface area contributed by atoms with Gasteiger partial charge in [-0.2, -0.15) is 0 Å². The first-order chi connectivity index (χ1) is 19.1. The van der Waals surface area contributed by atoms with Gasteiger partial charge in [-0.1, -0.05) is 48.5 Å². The minimum atomic E-state index is -1.10. The molecule has 0 bridgehead atoms. The van der Waals surface area contributed by atoms with Crippen LogP contribution in [0, 0.1) is 18.7 Å². The van der Waals surface area contributed by atoms with Crippen molar-refractivity contribution in [3.8, 4) is 22.6 Å². The second-order valence-electron chi connectivity index (χ2n) is 10.2. The second-order valence-corrected chi connectivity index (χ2v) is 10.2. The van der Waals surface area contributed by atoms with E-state index in [4.69, 9.17) is 9.47 Å². The predicted molar refractivity (Wildman–Crippen MR) is 155 cm³/mol. The molecule has 0 unspecified atom stereocenters. The van der Waals surface area contributed by atoms with E-state index in [2.05, 4.69) is 4.90 Å². The van der Waals surface area contributed by atoms with Crippen LogP contribution in [0.2, 0.25) is 0 Å². The molecule has 1 N–H and O–H groups in total. The lowest BCUT2D eigenvalue weighted by Gasteiger charge is -2.19. The zero-order valence-corrected chi connectivity index (χ0v) is 23.5. The van der Waals surface area contributed by atoms with E-state index < -0.39 is 23.5 Å². The molecule has 0 fully saturated rings. The number of fused-ring (bicyclic) bond motifs is 1. The van der Waals surface area contributed by atoms with Crippen LogP contribution < -0.4 is 9.47 Å². The van der Waals surface area contributed by atoms with Gasteiger partial charge in [0.25, 0.3) is 0 Å². The van der Waals surface area contributed by atoms with Crippen molar-refractivity contribution >= 4 is 22.5 Å². The van der Waals surface area contributed by atoms with Crippen LogP contribution in [0.1, 0.15) is 33.5 Å². The molecule has 4 aromatic carbocycles. The topological polar surface area (TPSA) is 76.1 Å². The molecule has 0 aliphatic rings. The Morgan fingerprint density at radius 1 is 0.925 bits per heavy atom. The number of rotatable bonds is 11. The summed E-state index contributed by atoms with van der Waals surface area (Å²) in [6.45, 7) is 2.36. The van der Waals surface area contributed by atoms with Crippen LogP contribution in [-0.4, -0.2) is 50.1 Å². The van der Waals surface area contributed by atoms with E-state index in [0.717, 1.165) is 33.0 Å². The average molecular weight is 544 g/mol. The highest BCUT2D eigenvalue weighted by Crippen LogP contribution is 2.43. The summed E-state index contributed by atoms with van der Waals surface area (Å²) in [4.78, 5) is 27.3. The largest absolute Gasteiger partial charge is 0.496 e. The number of carbonyl (C=O) groups is 2. The number of aliphatic carboxylic acids is 1. The van der Waals surface area contributed by atoms with Crippen molar-refractivity contribution in [1.29, 1.82) is 0 Å². The van der Waals surface area contributed by atoms with Crippen molar-refractivity contribution in [2.75, 3.05) is 28.3 Å². The molecule has 0 saturated carbocycles. The fourth-order valence-electron chi connectivity index (χ4n) is 5.28. The summed E-state index contributed by atoms with van der Waals surface area (Å²) in [5.41, 5.74) is 3.95. The lowest BCUT2D eigenvalue weighted by Crippen LogP contribution is -2.21. The molecule has 0 spiro atoms. The summed E-state index contributed by atoms with van der Waals surface area (Å²) in [7, 11) is 7.24. The lowest BCUT2D eigenvalue weighted by molar-refractivity contribution is -0.141. The van der Waals surface area contributed by atoms with Crippen LogP contribution in [0.25, 0.3) is 21.9 Å². The first-order valence-electron chi connectivity index (χ1n) is 13.1. The van der Waals surface area contributed by atoms with Crippen molar-refractivity contribution in [1.82, 2.24) is 4.90 Å². The van der Waals surface area contributed by atoms with Gasteiger partial charge in [0.1, 0.15) is 17.3 Å². The molecule has 40 heavy (non-hydrogen) atoms. The van der Waals surface area contributed by atoms with Gasteiger partial charge in [-0.05, 0) is 78.7 Å². The van der Waals surface area contributed by atoms with Crippen molar-refractivity contribution in [2.45, 2.75) is 26.3 Å². The van der Waals surface area contributed by atoms with Crippen LogP contribution in [0.15, 0.2) is 66.7 Å². The molecular formula is C33H34FNO5. The minimum Gasteiger partial charge on any atom is -0.496 e. The fraction of sp³-hybridized carbons (Fsp3) is 0.273. The minimum absolute atomic E-state index is 0.0501. The van der Waals surface area contributed by atoms with E-state index in [-0.39, 0.29) is 18.4 Å². The molecule has 7 heteroatoms. The number of aryl methyl sites for hydroxylation is 1. The van der Waals surface area contributed by atoms with E-state index in [0.29, 0.717) is 23.6 Å². The molecule has 0 radical (unpaired) electrons. The number of benzene rings is 4. The van der Waals surface area contributed by atoms with Gasteiger partial charge in [0.15, 0.2) is 5.78 Å². The molecule has 0 amide bonds. The Kier molecular flexibility index (Phi) is 8.85. The highest BCUT2D eigenvalue weighted by Gasteiger charge is 2.26. The molecule has 0 heterocycles. The number of nitrogens with zero attached hydrogens (tertiary/aromatic N) is 1. The maximum Gasteiger partial charge on any atom is 0.307 e. The van der Waals surface area contributed by atoms with Gasteiger partial charge in [-0.15, -0.1) is 0 Å². The van der Waals surface area contributed by atoms with E-state index in [9.17, 15) is 19.1 Å². The van der Waals surface area contributed by atoms with Gasteiger partial charge >= 0.3 is 5.97 Å². The number of halogens is 1. The van der Waals surface area contributed by atoms with Crippen molar-refractivity contribution in [2.24, 2.45) is 5.92 Å². The molecule has 4 aromatic rings. The second kappa shape index (κ2) is 12.3. The smallest absolute Gasteiger partial charge is 0.307 e. The number of carbonyl (C=O) groups excluding carboxylic acids is 1. The standard InChI is InChI=1S/C33H34FNO5/c1-20-9-6-14-27(34)31(20)28(36)18-23(33(37)38)17-22-10-7-12-25-24(22)11-8-13-26(25)32-29(39-4)15-21(19-35(2)3)16-30(32)40-5/h6-16,23H,17-19H2,1-5H3,(H,37,38)/t23-/m1/s1. The molecule has 208 valence electrons. The van der Waals surface area contributed by atoms with Gasteiger partial charge in [0.2, 0.25) is 0 Å². The maximum absolute atomic E-state index is 14.4. The van der Waals surface area contributed by atoms with Gasteiger partial charge in [0, 0.05) is 13.0 Å². The predicted octanol–water partition coefficient (Wildman–Crippen LogP) is 6.55. The summed E-state index contributed by atoms with van der Waals surface area (Å²) in [5, 5.41) is 11.8. The Balaban J connectivity index is 1.76. The van der Waals surface area contributed by atoms with Crippen LogP contribution in [-0.2, 0) is 17.8 Å². The molecular weight excluding hydrogens is 509 g/mol. The average Bonchev–Trinajstić information content (AvgIpc) is 2.91. The van der Waals surface area contributed by atoms with Crippen molar-refractivity contribution in [3.05, 3.63) is 94.8 Å². The Hall–Kier alpha value is -4.23. The number of hydrogen-bond donors (Lipinski definition) is 1. The molecule has 0 aliphatic carbocycles. The van der Waals surface area contributed by atoms with Crippen LogP contribution >= 0.6 is 0 Å². The number of carboxylic acids is 1. The Bertz CT molecular complexity index is 1520. The number of carboxylic acid groups (broad SMARTS) is 1. The Labute approximate surface area is 234 Å². The number of ketones is 1. The summed E-state index contributed by atoms with van der Waals surface area (Å²) in [6, 6.07) is 20.0. The monoisotopic (exact) mass is 543 g/mol. The van der Waals surface area contributed by atoms with Crippen molar-refractivity contribution < 1.29 is 28.6 Å². The van der Waals surface area contributed by atoms with Gasteiger partial charge in [0.05, 0.1) is 31.3 Å². The molecule has 0 aliphatic heterocycles. The van der Waals surface area contributed by atoms with Crippen molar-refractivity contribution in [3.63, 3.8) is 0 Å². The molecule has 0 saturated heterocycles. The fourth-order valence-corrected chi connectivity index (χ4v) is 5.28. The van der Waals surface area contributed by atoms with E-state index >= 15 is 0 Å². The zero-order chi connectivity index (χ0) is 29.0. The van der Waals surface area contributed by atoms with Crippen LogP contribution in [0.5, 0.6) is 11.5 Å². The molecule has 1 atom stereocenters. The van der Waals surface area contributed by atoms with E-state index in [1.165, 1.54) is 12.1 Å². The van der Waals surface area contributed by atoms with E-state index in [1.807, 2.05) is 62.6 Å². The lowest BCUT2D eigenvalue weighted by atomic mass is 9.87. The summed E-state index contributed by atoms with van der Waals surface area (Å²) < 4.78 is 26.0. The molecule has 4 rings (SSSR count). The highest BCUT2D eigenvalue weighted by atomic mass is 19.1. The number of Topliss-reactive ketones (excluding diaryl/α,β-unsaturated/α-hetero) is 1. The van der Waals surface area contributed by atoms with Gasteiger partial charge < -0.3 is 19.5 Å². The van der Waals surface area contributed by atoms with Crippen LogP contribution in [0.3, 0.4) is 0 Å². The first kappa shape index (κ1) is 28.8. The Morgan fingerprint density at radius 3 is 2.15 bits per heavy atom. The third-order valence-electron chi connectivity index (χ3n) is 7.09. The zero-order valence-electron chi connectivity index (χ0n) is 23.5. The Morgan fingerprint density at radius 2 is 1.55 bits per heavy atom. The summed E-state index contributed by atoms with van der Waals surface area (Å²) in [5.74, 6) is -1.93.